The maximum Gasteiger partial charge on any atom is 0.191 e. The van der Waals surface area contributed by atoms with Crippen LogP contribution in [0.25, 0.3) is 0 Å². The van der Waals surface area contributed by atoms with Gasteiger partial charge in [0.25, 0.3) is 0 Å². The molecule has 0 amide bonds. The Morgan fingerprint density at radius 1 is 1.19 bits per heavy atom. The quantitative estimate of drug-likeness (QED) is 0.517. The summed E-state index contributed by atoms with van der Waals surface area (Å²) in [5, 5.41) is 9.92. The van der Waals surface area contributed by atoms with E-state index in [1.54, 1.807) is 19.1 Å². The van der Waals surface area contributed by atoms with E-state index < -0.39 is 21.9 Å². The molecule has 0 saturated carbocycles. The highest BCUT2D eigenvalue weighted by Crippen LogP contribution is 2.32. The Balaban J connectivity index is 1.72. The number of carbonyl (C=O) groups is 2. The molecule has 32 heavy (non-hydrogen) atoms. The first-order valence-electron chi connectivity index (χ1n) is 10.7. The van der Waals surface area contributed by atoms with Gasteiger partial charge in [0.1, 0.15) is 5.78 Å². The molecular weight excluding hydrogens is 450 g/mol. The second-order valence-electron chi connectivity index (χ2n) is 8.32. The van der Waals surface area contributed by atoms with Crippen LogP contribution in [-0.2, 0) is 19.4 Å². The molecule has 1 aromatic heterocycles. The van der Waals surface area contributed by atoms with Crippen LogP contribution in [0.2, 0.25) is 0 Å². The number of benzene rings is 1. The Labute approximate surface area is 192 Å². The Morgan fingerprint density at radius 2 is 1.84 bits per heavy atom. The summed E-state index contributed by atoms with van der Waals surface area (Å²) in [5.41, 5.74) is 0.770. The summed E-state index contributed by atoms with van der Waals surface area (Å²) in [6.45, 7) is 2.96. The first-order valence-corrected chi connectivity index (χ1v) is 13.4. The molecule has 0 bridgehead atoms. The number of aliphatic hydroxyl groups excluding tert-OH is 1. The van der Waals surface area contributed by atoms with Crippen molar-refractivity contribution in [2.24, 2.45) is 5.92 Å². The van der Waals surface area contributed by atoms with Gasteiger partial charge in [-0.15, -0.1) is 11.3 Å². The molecule has 1 aliphatic heterocycles. The number of thiazole rings is 1. The van der Waals surface area contributed by atoms with Crippen LogP contribution in [0, 0.1) is 5.92 Å². The molecule has 1 aromatic carbocycles. The third-order valence-electron chi connectivity index (χ3n) is 5.78. The van der Waals surface area contributed by atoms with E-state index in [0.717, 1.165) is 36.0 Å². The monoisotopic (exact) mass is 479 g/mol. The van der Waals surface area contributed by atoms with Gasteiger partial charge in [0.05, 0.1) is 15.9 Å². The van der Waals surface area contributed by atoms with Crippen molar-refractivity contribution in [3.63, 3.8) is 0 Å². The number of ether oxygens (including phenoxy) is 1. The summed E-state index contributed by atoms with van der Waals surface area (Å²) in [6, 6.07) is 6.48. The lowest BCUT2D eigenvalue weighted by molar-refractivity contribution is -0.121. The minimum absolute atomic E-state index is 0.0377. The molecule has 1 aliphatic rings. The van der Waals surface area contributed by atoms with Crippen molar-refractivity contribution in [3.8, 4) is 0 Å². The topological polar surface area (TPSA) is 111 Å². The zero-order chi connectivity index (χ0) is 23.3. The molecule has 1 fully saturated rings. The van der Waals surface area contributed by atoms with Crippen LogP contribution in [0.15, 0.2) is 35.4 Å². The van der Waals surface area contributed by atoms with Crippen LogP contribution >= 0.6 is 11.3 Å². The van der Waals surface area contributed by atoms with Crippen molar-refractivity contribution in [1.82, 2.24) is 4.98 Å². The molecule has 0 spiro atoms. The van der Waals surface area contributed by atoms with Crippen molar-refractivity contribution in [2.75, 3.05) is 19.5 Å². The highest BCUT2D eigenvalue weighted by Gasteiger charge is 2.27. The summed E-state index contributed by atoms with van der Waals surface area (Å²) in [5.74, 6) is -0.309. The lowest BCUT2D eigenvalue weighted by Gasteiger charge is -2.26. The van der Waals surface area contributed by atoms with E-state index in [2.05, 4.69) is 4.98 Å². The molecule has 174 valence electrons. The molecule has 1 N–H and O–H groups in total. The lowest BCUT2D eigenvalue weighted by atomic mass is 9.81. The predicted octanol–water partition coefficient (Wildman–Crippen LogP) is 3.73. The van der Waals surface area contributed by atoms with E-state index >= 15 is 0 Å². The average molecular weight is 480 g/mol. The van der Waals surface area contributed by atoms with E-state index in [0.29, 0.717) is 35.4 Å². The van der Waals surface area contributed by atoms with Gasteiger partial charge in [-0.05, 0) is 49.8 Å². The fraction of sp³-hybridized carbons (Fsp3) is 0.522. The SMILES string of the molecule is CC(O)c1cnc(C(=O)CCC(=O)C(CC2CCOCC2)c2ccc(S(C)(=O)=O)cc2)s1. The molecule has 7 nitrogen and oxygen atoms in total. The molecule has 2 aromatic rings. The number of sulfone groups is 1. The highest BCUT2D eigenvalue weighted by molar-refractivity contribution is 7.90. The minimum Gasteiger partial charge on any atom is -0.388 e. The van der Waals surface area contributed by atoms with Crippen LogP contribution in [0.3, 0.4) is 0 Å². The van der Waals surface area contributed by atoms with Crippen LogP contribution < -0.4 is 0 Å². The van der Waals surface area contributed by atoms with E-state index in [9.17, 15) is 23.1 Å². The van der Waals surface area contributed by atoms with Gasteiger partial charge in [0.2, 0.25) is 0 Å². The molecular formula is C23H29NO6S2. The number of hydrogen-bond acceptors (Lipinski definition) is 8. The summed E-state index contributed by atoms with van der Waals surface area (Å²) in [4.78, 5) is 30.6. The zero-order valence-electron chi connectivity index (χ0n) is 18.3. The van der Waals surface area contributed by atoms with Gasteiger partial charge in [-0.3, -0.25) is 9.59 Å². The van der Waals surface area contributed by atoms with Gasteiger partial charge in [-0.2, -0.15) is 0 Å². The van der Waals surface area contributed by atoms with E-state index in [4.69, 9.17) is 4.74 Å². The molecule has 0 radical (unpaired) electrons. The average Bonchev–Trinajstić information content (AvgIpc) is 3.27. The number of Topliss-reactive ketones (excluding diaryl/α,β-unsaturated/α-hetero) is 2. The Kier molecular flexibility index (Phi) is 8.32. The van der Waals surface area contributed by atoms with E-state index in [-0.39, 0.29) is 29.3 Å². The fourth-order valence-corrected chi connectivity index (χ4v) is 5.29. The maximum absolute atomic E-state index is 13.2. The summed E-state index contributed by atoms with van der Waals surface area (Å²) in [6.07, 6.45) is 4.51. The number of aromatic nitrogens is 1. The van der Waals surface area contributed by atoms with Crippen LogP contribution in [0.5, 0.6) is 0 Å². The normalized spacial score (nSPS) is 17.1. The Bertz CT molecular complexity index is 1040. The molecule has 2 unspecified atom stereocenters. The van der Waals surface area contributed by atoms with Crippen molar-refractivity contribution in [2.45, 2.75) is 55.9 Å². The fourth-order valence-electron chi connectivity index (χ4n) is 3.84. The van der Waals surface area contributed by atoms with Crippen molar-refractivity contribution in [3.05, 3.63) is 45.9 Å². The van der Waals surface area contributed by atoms with Gasteiger partial charge in [0.15, 0.2) is 20.6 Å². The first kappa shape index (κ1) is 24.7. The molecule has 9 heteroatoms. The number of carbonyl (C=O) groups excluding carboxylic acids is 2. The van der Waals surface area contributed by atoms with E-state index in [1.807, 2.05) is 0 Å². The number of nitrogens with zero attached hydrogens (tertiary/aromatic N) is 1. The summed E-state index contributed by atoms with van der Waals surface area (Å²) in [7, 11) is -3.32. The Morgan fingerprint density at radius 3 is 2.41 bits per heavy atom. The third-order valence-corrected chi connectivity index (χ3v) is 8.12. The highest BCUT2D eigenvalue weighted by atomic mass is 32.2. The minimum atomic E-state index is -3.32. The maximum atomic E-state index is 13.2. The molecule has 3 rings (SSSR count). The standard InChI is InChI=1S/C23H29NO6S2/c1-15(25)22-14-24-23(31-22)21(27)8-7-20(26)19(13-16-9-11-30-12-10-16)17-3-5-18(6-4-17)32(2,28)29/h3-6,14-16,19,25H,7-13H2,1-2H3. The lowest BCUT2D eigenvalue weighted by Crippen LogP contribution is -2.22. The summed E-state index contributed by atoms with van der Waals surface area (Å²) < 4.78 is 29.0. The molecule has 0 aliphatic carbocycles. The van der Waals surface area contributed by atoms with Gasteiger partial charge in [0, 0.05) is 44.4 Å². The van der Waals surface area contributed by atoms with Crippen LogP contribution in [0.1, 0.15) is 71.3 Å². The van der Waals surface area contributed by atoms with Crippen LogP contribution in [-0.4, -0.2) is 49.5 Å². The number of rotatable bonds is 10. The van der Waals surface area contributed by atoms with Gasteiger partial charge < -0.3 is 9.84 Å². The van der Waals surface area contributed by atoms with Gasteiger partial charge in [-0.25, -0.2) is 13.4 Å². The molecule has 1 saturated heterocycles. The number of aliphatic hydroxyl groups is 1. The number of hydrogen-bond donors (Lipinski definition) is 1. The Hall–Kier alpha value is -1.94. The third kappa shape index (κ3) is 6.54. The molecule has 2 heterocycles. The largest absolute Gasteiger partial charge is 0.388 e. The predicted molar refractivity (Wildman–Crippen MR) is 122 cm³/mol. The van der Waals surface area contributed by atoms with Crippen LogP contribution in [0.4, 0.5) is 0 Å². The summed E-state index contributed by atoms with van der Waals surface area (Å²) >= 11 is 1.15. The van der Waals surface area contributed by atoms with Crippen molar-refractivity contribution < 1.29 is 27.9 Å². The number of ketones is 2. The van der Waals surface area contributed by atoms with Crippen molar-refractivity contribution in [1.29, 1.82) is 0 Å². The van der Waals surface area contributed by atoms with Crippen molar-refractivity contribution >= 4 is 32.7 Å². The smallest absolute Gasteiger partial charge is 0.191 e. The zero-order valence-corrected chi connectivity index (χ0v) is 20.0. The second kappa shape index (κ2) is 10.8. The van der Waals surface area contributed by atoms with Gasteiger partial charge >= 0.3 is 0 Å². The molecule has 2 atom stereocenters. The second-order valence-corrected chi connectivity index (χ2v) is 11.4. The van der Waals surface area contributed by atoms with Gasteiger partial charge in [-0.1, -0.05) is 12.1 Å². The first-order chi connectivity index (χ1) is 15.1. The van der Waals surface area contributed by atoms with E-state index in [1.165, 1.54) is 18.3 Å².